The van der Waals surface area contributed by atoms with E-state index in [0.29, 0.717) is 0 Å². The third-order valence-electron chi connectivity index (χ3n) is 7.44. The van der Waals surface area contributed by atoms with Crippen molar-refractivity contribution in [2.45, 2.75) is 165 Å². The number of aliphatic hydroxyl groups excluding tert-OH is 1. The van der Waals surface area contributed by atoms with Crippen molar-refractivity contribution in [1.82, 2.24) is 0 Å². The van der Waals surface area contributed by atoms with Crippen LogP contribution >= 0.6 is 0 Å². The fraction of sp³-hybridized carbons (Fsp3) is 0.818. The standard InChI is InChI=1S/C31H58O2.C2H6/c1-11-14-18-27(32)24-26(5)20-19-25(4)17-15-23-31(10,13-3)28(12-2)29(6,7)21-16-22-30(8,9)33;1-2/h12,19-20,27,32-33H,11,13-18,21-24H2,1-10H3;1-2H3/b25-19-,26-20-,28-12-;. The van der Waals surface area contributed by atoms with Gasteiger partial charge in [-0.2, -0.15) is 0 Å². The first-order valence-electron chi connectivity index (χ1n) is 14.6. The molecule has 2 N–H and O–H groups in total. The maximum absolute atomic E-state index is 10.1. The molecule has 0 bridgehead atoms. The molecule has 0 radical (unpaired) electrons. The van der Waals surface area contributed by atoms with Gasteiger partial charge in [0.1, 0.15) is 0 Å². The van der Waals surface area contributed by atoms with Crippen LogP contribution < -0.4 is 0 Å². The second-order valence-electron chi connectivity index (χ2n) is 12.0. The highest BCUT2D eigenvalue weighted by Crippen LogP contribution is 2.48. The second kappa shape index (κ2) is 18.4. The molecule has 35 heavy (non-hydrogen) atoms. The topological polar surface area (TPSA) is 40.5 Å². The lowest BCUT2D eigenvalue weighted by Gasteiger charge is -2.42. The number of hydrogen-bond acceptors (Lipinski definition) is 2. The van der Waals surface area contributed by atoms with E-state index < -0.39 is 5.60 Å². The lowest BCUT2D eigenvalue weighted by molar-refractivity contribution is 0.0650. The quantitative estimate of drug-likeness (QED) is 0.156. The van der Waals surface area contributed by atoms with Crippen molar-refractivity contribution in [3.8, 4) is 0 Å². The maximum atomic E-state index is 10.1. The van der Waals surface area contributed by atoms with E-state index in [1.807, 2.05) is 27.7 Å². The molecule has 2 atom stereocenters. The van der Waals surface area contributed by atoms with Crippen LogP contribution in [0.5, 0.6) is 0 Å². The molecule has 0 spiro atoms. The van der Waals surface area contributed by atoms with Gasteiger partial charge in [0.2, 0.25) is 0 Å². The van der Waals surface area contributed by atoms with E-state index in [1.54, 1.807) is 5.57 Å². The fourth-order valence-corrected chi connectivity index (χ4v) is 5.26. The summed E-state index contributed by atoms with van der Waals surface area (Å²) in [6.45, 7) is 26.1. The predicted molar refractivity (Wildman–Crippen MR) is 159 cm³/mol. The summed E-state index contributed by atoms with van der Waals surface area (Å²) >= 11 is 0. The Balaban J connectivity index is 0. The van der Waals surface area contributed by atoms with Gasteiger partial charge in [0.25, 0.3) is 0 Å². The number of aliphatic hydroxyl groups is 2. The number of hydrogen-bond donors (Lipinski definition) is 2. The molecule has 0 fully saturated rings. The van der Waals surface area contributed by atoms with E-state index in [4.69, 9.17) is 0 Å². The molecule has 0 heterocycles. The molecule has 2 heteroatoms. The Labute approximate surface area is 221 Å². The fourth-order valence-electron chi connectivity index (χ4n) is 5.26. The van der Waals surface area contributed by atoms with E-state index in [9.17, 15) is 10.2 Å². The summed E-state index contributed by atoms with van der Waals surface area (Å²) < 4.78 is 0. The van der Waals surface area contributed by atoms with E-state index in [1.165, 1.54) is 24.0 Å². The zero-order chi connectivity index (χ0) is 27.7. The van der Waals surface area contributed by atoms with Crippen LogP contribution in [0.1, 0.15) is 154 Å². The normalized spacial score (nSPS) is 16.5. The predicted octanol–water partition coefficient (Wildman–Crippen LogP) is 10.3. The van der Waals surface area contributed by atoms with Gasteiger partial charge >= 0.3 is 0 Å². The molecule has 0 amide bonds. The minimum Gasteiger partial charge on any atom is -0.393 e. The Kier molecular flexibility index (Phi) is 19.1. The zero-order valence-electron chi connectivity index (χ0n) is 26.0. The van der Waals surface area contributed by atoms with Gasteiger partial charge in [0.05, 0.1) is 11.7 Å². The van der Waals surface area contributed by atoms with E-state index in [-0.39, 0.29) is 16.9 Å². The van der Waals surface area contributed by atoms with E-state index in [0.717, 1.165) is 57.8 Å². The van der Waals surface area contributed by atoms with E-state index in [2.05, 4.69) is 73.6 Å². The molecule has 0 aliphatic rings. The molecule has 0 saturated carbocycles. The minimum atomic E-state index is -0.579. The first-order chi connectivity index (χ1) is 16.2. The first kappa shape index (κ1) is 36.3. The highest BCUT2D eigenvalue weighted by molar-refractivity contribution is 5.21. The third-order valence-corrected chi connectivity index (χ3v) is 7.44. The van der Waals surface area contributed by atoms with Crippen molar-refractivity contribution in [3.63, 3.8) is 0 Å². The Hall–Kier alpha value is -0.860. The Morgan fingerprint density at radius 3 is 1.89 bits per heavy atom. The van der Waals surface area contributed by atoms with Crippen LogP contribution in [0.4, 0.5) is 0 Å². The Morgan fingerprint density at radius 2 is 1.40 bits per heavy atom. The lowest BCUT2D eigenvalue weighted by Crippen LogP contribution is -2.30. The van der Waals surface area contributed by atoms with Crippen molar-refractivity contribution in [2.24, 2.45) is 10.8 Å². The molecule has 0 rings (SSSR count). The van der Waals surface area contributed by atoms with Crippen molar-refractivity contribution < 1.29 is 10.2 Å². The molecule has 0 aromatic heterocycles. The van der Waals surface area contributed by atoms with E-state index >= 15 is 0 Å². The number of unbranched alkanes of at least 4 members (excludes halogenated alkanes) is 1. The van der Waals surface area contributed by atoms with Crippen LogP contribution in [-0.2, 0) is 0 Å². The molecule has 0 aromatic rings. The molecular weight excluding hydrogens is 428 g/mol. The van der Waals surface area contributed by atoms with Gasteiger partial charge in [-0.3, -0.25) is 0 Å². The molecule has 0 aliphatic carbocycles. The molecule has 0 aliphatic heterocycles. The second-order valence-corrected chi connectivity index (χ2v) is 12.0. The summed E-state index contributed by atoms with van der Waals surface area (Å²) in [6.07, 6.45) is 18.2. The summed E-state index contributed by atoms with van der Waals surface area (Å²) in [6, 6.07) is 0. The molecule has 0 saturated heterocycles. The van der Waals surface area contributed by atoms with Crippen LogP contribution in [0, 0.1) is 10.8 Å². The average Bonchev–Trinajstić information content (AvgIpc) is 2.76. The molecule has 2 unspecified atom stereocenters. The van der Waals surface area contributed by atoms with Gasteiger partial charge in [-0.1, -0.05) is 96.3 Å². The lowest BCUT2D eigenvalue weighted by atomic mass is 9.63. The highest BCUT2D eigenvalue weighted by atomic mass is 16.3. The van der Waals surface area contributed by atoms with Crippen molar-refractivity contribution >= 4 is 0 Å². The summed E-state index contributed by atoms with van der Waals surface area (Å²) in [4.78, 5) is 0. The van der Waals surface area contributed by atoms with Crippen molar-refractivity contribution in [2.75, 3.05) is 0 Å². The number of allylic oxidation sites excluding steroid dienone is 5. The highest BCUT2D eigenvalue weighted by Gasteiger charge is 2.35. The SMILES string of the molecule is C/C=C(/C(C)(C)CCCC(C)(C)O)C(C)(CC)CCC/C(C)=C\C=C(\C)CC(O)CCCC.CC. The maximum Gasteiger partial charge on any atom is 0.0591 e. The van der Waals surface area contributed by atoms with Gasteiger partial charge in [0, 0.05) is 0 Å². The molecule has 0 aromatic carbocycles. The monoisotopic (exact) mass is 492 g/mol. The first-order valence-corrected chi connectivity index (χ1v) is 14.6. The average molecular weight is 493 g/mol. The zero-order valence-corrected chi connectivity index (χ0v) is 26.0. The molecule has 2 nitrogen and oxygen atoms in total. The van der Waals surface area contributed by atoms with Gasteiger partial charge in [-0.15, -0.1) is 0 Å². The van der Waals surface area contributed by atoms with Gasteiger partial charge in [0.15, 0.2) is 0 Å². The van der Waals surface area contributed by atoms with Crippen LogP contribution in [0.2, 0.25) is 0 Å². The van der Waals surface area contributed by atoms with Crippen molar-refractivity contribution in [3.05, 3.63) is 34.9 Å². The summed E-state index contributed by atoms with van der Waals surface area (Å²) in [5, 5.41) is 20.2. The van der Waals surface area contributed by atoms with Gasteiger partial charge in [-0.05, 0) is 103 Å². The van der Waals surface area contributed by atoms with Crippen molar-refractivity contribution in [1.29, 1.82) is 0 Å². The number of rotatable bonds is 17. The summed E-state index contributed by atoms with van der Waals surface area (Å²) in [5.74, 6) is 0. The van der Waals surface area contributed by atoms with Crippen LogP contribution in [0.25, 0.3) is 0 Å². The molecular formula is C33H64O2. The smallest absolute Gasteiger partial charge is 0.0591 e. The van der Waals surface area contributed by atoms with Crippen LogP contribution in [0.3, 0.4) is 0 Å². The Bertz CT molecular complexity index is 630. The van der Waals surface area contributed by atoms with Gasteiger partial charge < -0.3 is 10.2 Å². The largest absolute Gasteiger partial charge is 0.393 e. The summed E-state index contributed by atoms with van der Waals surface area (Å²) in [5.41, 5.74) is 4.04. The molecule has 208 valence electrons. The van der Waals surface area contributed by atoms with Crippen LogP contribution in [0.15, 0.2) is 34.9 Å². The Morgan fingerprint density at radius 1 is 0.829 bits per heavy atom. The van der Waals surface area contributed by atoms with Gasteiger partial charge in [-0.25, -0.2) is 0 Å². The minimum absolute atomic E-state index is 0.147. The summed E-state index contributed by atoms with van der Waals surface area (Å²) in [7, 11) is 0. The third kappa shape index (κ3) is 16.5. The van der Waals surface area contributed by atoms with Crippen LogP contribution in [-0.4, -0.2) is 21.9 Å².